The number of nitrogens with zero attached hydrogens (tertiary/aromatic N) is 1. The Balaban J connectivity index is 1.84. The smallest absolute Gasteiger partial charge is 0.217 e. The van der Waals surface area contributed by atoms with E-state index in [4.69, 9.17) is 25.4 Å². The topological polar surface area (TPSA) is 115 Å². The van der Waals surface area contributed by atoms with Gasteiger partial charge in [0.25, 0.3) is 0 Å². The molecule has 0 atom stereocenters. The van der Waals surface area contributed by atoms with Crippen LogP contribution in [-0.2, 0) is 16.8 Å². The number of nitrogens with one attached hydrogen (secondary N) is 1. The lowest BCUT2D eigenvalue weighted by Crippen LogP contribution is -2.30. The number of carbonyl (C=O) groups is 2. The number of ketones is 1. The fraction of sp³-hybridized carbons (Fsp3) is 0.444. The van der Waals surface area contributed by atoms with Crippen LogP contribution in [0.4, 0.5) is 0 Å². The van der Waals surface area contributed by atoms with E-state index in [0.29, 0.717) is 42.5 Å². The minimum atomic E-state index is -0.387. The van der Waals surface area contributed by atoms with E-state index in [1.54, 1.807) is 18.1 Å². The number of benzene rings is 2. The zero-order chi connectivity index (χ0) is 25.8. The van der Waals surface area contributed by atoms with Crippen molar-refractivity contribution in [2.75, 3.05) is 26.9 Å². The molecule has 1 heterocycles. The number of hydrogen-bond acceptors (Lipinski definition) is 6. The van der Waals surface area contributed by atoms with Crippen molar-refractivity contribution < 1.29 is 23.8 Å². The number of Topliss-reactive ketones (excluding diaryl/α,β-unsaturated/α-hetero) is 1. The second kappa shape index (κ2) is 10.8. The van der Waals surface area contributed by atoms with Crippen molar-refractivity contribution in [2.24, 2.45) is 5.73 Å². The van der Waals surface area contributed by atoms with Crippen molar-refractivity contribution in [1.82, 2.24) is 4.90 Å². The molecule has 1 amide bonds. The van der Waals surface area contributed by atoms with Crippen LogP contribution in [0.2, 0.25) is 0 Å². The van der Waals surface area contributed by atoms with E-state index in [0.717, 1.165) is 22.4 Å². The molecular weight excluding hydrogens is 446 g/mol. The minimum Gasteiger partial charge on any atom is -0.494 e. The lowest BCUT2D eigenvalue weighted by atomic mass is 9.84. The molecule has 3 N–H and O–H groups in total. The summed E-state index contributed by atoms with van der Waals surface area (Å²) in [5.41, 5.74) is 8.03. The van der Waals surface area contributed by atoms with Gasteiger partial charge in [0, 0.05) is 29.7 Å². The molecule has 0 saturated heterocycles. The first-order valence-electron chi connectivity index (χ1n) is 11.8. The summed E-state index contributed by atoms with van der Waals surface area (Å²) in [4.78, 5) is 26.2. The largest absolute Gasteiger partial charge is 0.494 e. The van der Waals surface area contributed by atoms with E-state index in [1.165, 1.54) is 0 Å². The summed E-state index contributed by atoms with van der Waals surface area (Å²) in [7, 11) is 1.57. The first-order valence-corrected chi connectivity index (χ1v) is 11.8. The van der Waals surface area contributed by atoms with E-state index in [9.17, 15) is 9.59 Å². The van der Waals surface area contributed by atoms with Crippen LogP contribution in [0.3, 0.4) is 0 Å². The number of hydrogen-bond donors (Lipinski definition) is 2. The Morgan fingerprint density at radius 3 is 2.51 bits per heavy atom. The zero-order valence-electron chi connectivity index (χ0n) is 21.2. The summed E-state index contributed by atoms with van der Waals surface area (Å²) >= 11 is 0. The summed E-state index contributed by atoms with van der Waals surface area (Å²) < 4.78 is 17.2. The van der Waals surface area contributed by atoms with Crippen molar-refractivity contribution in [2.45, 2.75) is 52.5 Å². The molecule has 0 radical (unpaired) electrons. The van der Waals surface area contributed by atoms with E-state index < -0.39 is 0 Å². The summed E-state index contributed by atoms with van der Waals surface area (Å²) in [5, 5.41) is 8.56. The van der Waals surface area contributed by atoms with E-state index in [1.807, 2.05) is 52.0 Å². The molecule has 35 heavy (non-hydrogen) atoms. The lowest BCUT2D eigenvalue weighted by molar-refractivity contribution is -0.118. The highest BCUT2D eigenvalue weighted by Gasteiger charge is 2.29. The van der Waals surface area contributed by atoms with Crippen LogP contribution in [-0.4, -0.2) is 49.3 Å². The van der Waals surface area contributed by atoms with E-state index >= 15 is 0 Å². The summed E-state index contributed by atoms with van der Waals surface area (Å²) in [6.07, 6.45) is 0.685. The number of nitrogens with two attached hydrogens (primary N) is 1. The Hall–Kier alpha value is -3.55. The molecule has 188 valence electrons. The Kier molecular flexibility index (Phi) is 8.04. The highest BCUT2D eigenvalue weighted by atomic mass is 16.5. The number of rotatable bonds is 11. The Morgan fingerprint density at radius 2 is 1.89 bits per heavy atom. The van der Waals surface area contributed by atoms with Gasteiger partial charge < -0.3 is 24.8 Å². The number of primary amides is 1. The van der Waals surface area contributed by atoms with Gasteiger partial charge in [0.15, 0.2) is 17.3 Å². The van der Waals surface area contributed by atoms with Gasteiger partial charge in [-0.15, -0.1) is 0 Å². The van der Waals surface area contributed by atoms with Crippen LogP contribution >= 0.6 is 0 Å². The number of fused-ring (bicyclic) bond motifs is 1. The van der Waals surface area contributed by atoms with Crippen LogP contribution in [0.1, 0.15) is 67.6 Å². The van der Waals surface area contributed by atoms with Gasteiger partial charge in [-0.3, -0.25) is 15.0 Å². The predicted octanol–water partition coefficient (Wildman–Crippen LogP) is 4.06. The highest BCUT2D eigenvalue weighted by Crippen LogP contribution is 2.40. The van der Waals surface area contributed by atoms with Crippen LogP contribution < -0.4 is 19.9 Å². The van der Waals surface area contributed by atoms with Crippen molar-refractivity contribution in [3.8, 4) is 17.2 Å². The Morgan fingerprint density at radius 1 is 1.14 bits per heavy atom. The van der Waals surface area contributed by atoms with Crippen LogP contribution in [0.25, 0.3) is 0 Å². The molecule has 8 heteroatoms. The third-order valence-corrected chi connectivity index (χ3v) is 5.87. The highest BCUT2D eigenvalue weighted by molar-refractivity contribution is 6.05. The van der Waals surface area contributed by atoms with Gasteiger partial charge in [0.2, 0.25) is 5.91 Å². The van der Waals surface area contributed by atoms with Gasteiger partial charge in [-0.25, -0.2) is 0 Å². The van der Waals surface area contributed by atoms with Gasteiger partial charge in [-0.1, -0.05) is 20.8 Å². The molecule has 0 fully saturated rings. The SMILES string of the molecule is CCOc1ccc2c(c1)CN(CC(=O)c1cc(OCCCC(N)=O)c(OC)c(C(C)(C)C)c1)C2=N. The molecule has 0 spiro atoms. The monoisotopic (exact) mass is 481 g/mol. The fourth-order valence-corrected chi connectivity index (χ4v) is 4.11. The second-order valence-corrected chi connectivity index (χ2v) is 9.60. The molecular formula is C27H35N3O5. The first-order chi connectivity index (χ1) is 16.5. The van der Waals surface area contributed by atoms with Crippen molar-refractivity contribution >= 4 is 17.5 Å². The van der Waals surface area contributed by atoms with E-state index in [-0.39, 0.29) is 36.7 Å². The van der Waals surface area contributed by atoms with Gasteiger partial charge >= 0.3 is 0 Å². The molecule has 2 aromatic carbocycles. The standard InChI is InChI=1S/C27H35N3O5/c1-6-34-19-9-10-20-18(12-19)15-30(26(20)29)16-22(31)17-13-21(27(2,3)4)25(33-5)23(14-17)35-11-7-8-24(28)32/h9-10,12-14,29H,6-8,11,15-16H2,1-5H3,(H2,28,32). The molecule has 0 aliphatic carbocycles. The van der Waals surface area contributed by atoms with Crippen molar-refractivity contribution in [3.05, 3.63) is 52.6 Å². The van der Waals surface area contributed by atoms with Gasteiger partial charge in [-0.2, -0.15) is 0 Å². The number of amidine groups is 1. The first kappa shape index (κ1) is 26.1. The molecule has 3 rings (SSSR count). The summed E-state index contributed by atoms with van der Waals surface area (Å²) in [6, 6.07) is 9.18. The fourth-order valence-electron chi connectivity index (χ4n) is 4.11. The van der Waals surface area contributed by atoms with Gasteiger partial charge in [0.1, 0.15) is 11.6 Å². The molecule has 0 saturated carbocycles. The van der Waals surface area contributed by atoms with Gasteiger partial charge in [0.05, 0.1) is 26.9 Å². The predicted molar refractivity (Wildman–Crippen MR) is 135 cm³/mol. The average Bonchev–Trinajstić information content (AvgIpc) is 3.10. The lowest BCUT2D eigenvalue weighted by Gasteiger charge is -2.25. The second-order valence-electron chi connectivity index (χ2n) is 9.60. The molecule has 8 nitrogen and oxygen atoms in total. The van der Waals surface area contributed by atoms with Gasteiger partial charge in [-0.05, 0) is 54.7 Å². The maximum atomic E-state index is 13.4. The minimum absolute atomic E-state index is 0.0640. The molecule has 1 aliphatic heterocycles. The Bertz CT molecular complexity index is 1120. The number of amides is 1. The van der Waals surface area contributed by atoms with Crippen LogP contribution in [0.5, 0.6) is 17.2 Å². The maximum Gasteiger partial charge on any atom is 0.217 e. The number of carbonyl (C=O) groups excluding carboxylic acids is 2. The average molecular weight is 482 g/mol. The van der Waals surface area contributed by atoms with Crippen LogP contribution in [0, 0.1) is 5.41 Å². The summed E-state index contributed by atoms with van der Waals surface area (Å²) in [6.45, 7) is 9.43. The Labute approximate surface area is 206 Å². The molecule has 2 aromatic rings. The quantitative estimate of drug-likeness (QED) is 0.369. The summed E-state index contributed by atoms with van der Waals surface area (Å²) in [5.74, 6) is 1.59. The van der Waals surface area contributed by atoms with Crippen LogP contribution in [0.15, 0.2) is 30.3 Å². The number of ether oxygens (including phenoxy) is 3. The molecule has 0 unspecified atom stereocenters. The van der Waals surface area contributed by atoms with Crippen molar-refractivity contribution in [3.63, 3.8) is 0 Å². The van der Waals surface area contributed by atoms with Crippen molar-refractivity contribution in [1.29, 1.82) is 5.41 Å². The zero-order valence-corrected chi connectivity index (χ0v) is 21.2. The third-order valence-electron chi connectivity index (χ3n) is 5.87. The third kappa shape index (κ3) is 6.12. The van der Waals surface area contributed by atoms with E-state index in [2.05, 4.69) is 0 Å². The maximum absolute atomic E-state index is 13.4. The molecule has 0 bridgehead atoms. The molecule has 1 aliphatic rings. The molecule has 0 aromatic heterocycles. The normalized spacial score (nSPS) is 12.9. The number of methoxy groups -OCH3 is 1.